The predicted molar refractivity (Wildman–Crippen MR) is 85.0 cm³/mol. The molecule has 0 radical (unpaired) electrons. The van der Waals surface area contributed by atoms with Gasteiger partial charge in [0.2, 0.25) is 0 Å². The zero-order valence-electron chi connectivity index (χ0n) is 14.4. The lowest BCUT2D eigenvalue weighted by molar-refractivity contribution is 0.00578. The summed E-state index contributed by atoms with van der Waals surface area (Å²) in [5.41, 5.74) is -0.185. The van der Waals surface area contributed by atoms with Crippen LogP contribution in [0.15, 0.2) is 11.3 Å². The second kappa shape index (κ2) is 5.61. The Morgan fingerprint density at radius 3 is 2.32 bits per heavy atom. The number of fused-ring (bicyclic) bond motifs is 1. The molecule has 1 heterocycles. The van der Waals surface area contributed by atoms with Crippen LogP contribution >= 0.6 is 0 Å². The van der Waals surface area contributed by atoms with Crippen molar-refractivity contribution in [3.8, 4) is 0 Å². The lowest BCUT2D eigenvalue weighted by Crippen LogP contribution is -2.41. The first kappa shape index (κ1) is 16.5. The van der Waals surface area contributed by atoms with Gasteiger partial charge in [0.15, 0.2) is 0 Å². The maximum atomic E-state index is 15.0. The maximum Gasteiger partial charge on any atom is 0.525 e. The standard InChI is InChI=1S/C17H28BFO3/c1-16(2)17(3,4)22-18(21-16)15(19)14-7-6-11(10-20-5)12-8-9-13(12)14/h11-13H,6-10H2,1-5H3. The van der Waals surface area contributed by atoms with Gasteiger partial charge < -0.3 is 14.0 Å². The van der Waals surface area contributed by atoms with Crippen LogP contribution in [0.3, 0.4) is 0 Å². The molecule has 3 aliphatic rings. The van der Waals surface area contributed by atoms with Crippen molar-refractivity contribution in [2.24, 2.45) is 17.8 Å². The molecule has 5 heteroatoms. The van der Waals surface area contributed by atoms with Crippen LogP contribution in [0, 0.1) is 17.8 Å². The molecule has 0 N–H and O–H groups in total. The van der Waals surface area contributed by atoms with Gasteiger partial charge in [-0.25, -0.2) is 4.39 Å². The Bertz CT molecular complexity index is 459. The molecule has 3 rings (SSSR count). The molecule has 3 fully saturated rings. The second-order valence-electron chi connectivity index (χ2n) is 8.06. The van der Waals surface area contributed by atoms with E-state index in [-0.39, 0.29) is 5.73 Å². The van der Waals surface area contributed by atoms with Crippen LogP contribution in [0.25, 0.3) is 0 Å². The van der Waals surface area contributed by atoms with Gasteiger partial charge in [0, 0.05) is 13.7 Å². The molecule has 3 nitrogen and oxygen atoms in total. The van der Waals surface area contributed by atoms with E-state index in [4.69, 9.17) is 14.0 Å². The molecule has 0 aromatic heterocycles. The first-order valence-electron chi connectivity index (χ1n) is 8.50. The number of hydrogen-bond acceptors (Lipinski definition) is 3. The summed E-state index contributed by atoms with van der Waals surface area (Å²) in [7, 11) is 0.921. The molecule has 2 aliphatic carbocycles. The molecule has 22 heavy (non-hydrogen) atoms. The summed E-state index contributed by atoms with van der Waals surface area (Å²) in [5.74, 6) is 1.53. The van der Waals surface area contributed by atoms with E-state index < -0.39 is 18.3 Å². The smallest absolute Gasteiger partial charge is 0.398 e. The Hall–Kier alpha value is -0.385. The molecule has 0 bridgehead atoms. The topological polar surface area (TPSA) is 27.7 Å². The third-order valence-corrected chi connectivity index (χ3v) is 6.31. The average Bonchev–Trinajstić information content (AvgIpc) is 2.60. The summed E-state index contributed by atoms with van der Waals surface area (Å²) in [6.07, 6.45) is 4.11. The highest BCUT2D eigenvalue weighted by molar-refractivity contribution is 6.53. The summed E-state index contributed by atoms with van der Waals surface area (Å²) in [4.78, 5) is 0. The fraction of sp³-hybridized carbons (Fsp3) is 0.882. The highest BCUT2D eigenvalue weighted by Gasteiger charge is 2.55. The van der Waals surface area contributed by atoms with Crippen molar-refractivity contribution >= 4 is 7.12 Å². The molecule has 1 saturated heterocycles. The summed E-state index contributed by atoms with van der Waals surface area (Å²) < 4.78 is 32.1. The van der Waals surface area contributed by atoms with E-state index in [2.05, 4.69) is 0 Å². The molecule has 1 aliphatic heterocycles. The van der Waals surface area contributed by atoms with Gasteiger partial charge in [0.25, 0.3) is 0 Å². The van der Waals surface area contributed by atoms with E-state index in [9.17, 15) is 0 Å². The molecular weight excluding hydrogens is 282 g/mol. The van der Waals surface area contributed by atoms with Crippen molar-refractivity contribution in [1.82, 2.24) is 0 Å². The van der Waals surface area contributed by atoms with E-state index in [0.29, 0.717) is 17.8 Å². The van der Waals surface area contributed by atoms with E-state index in [1.54, 1.807) is 7.11 Å². The number of ether oxygens (including phenoxy) is 1. The van der Waals surface area contributed by atoms with Gasteiger partial charge in [-0.3, -0.25) is 0 Å². The minimum Gasteiger partial charge on any atom is -0.398 e. The zero-order chi connectivity index (χ0) is 16.1. The Kier molecular flexibility index (Phi) is 4.20. The van der Waals surface area contributed by atoms with Crippen molar-refractivity contribution in [1.29, 1.82) is 0 Å². The van der Waals surface area contributed by atoms with Crippen LogP contribution < -0.4 is 0 Å². The Morgan fingerprint density at radius 1 is 1.18 bits per heavy atom. The first-order chi connectivity index (χ1) is 10.3. The van der Waals surface area contributed by atoms with E-state index in [0.717, 1.165) is 31.4 Å². The van der Waals surface area contributed by atoms with Crippen molar-refractivity contribution in [3.05, 3.63) is 11.3 Å². The SMILES string of the molecule is COCC1CCC(=C(F)B2OC(C)(C)C(C)(C)O2)C2CCC12. The summed E-state index contributed by atoms with van der Waals surface area (Å²) in [6, 6.07) is 0. The first-order valence-corrected chi connectivity index (χ1v) is 8.50. The number of halogens is 1. The Balaban J connectivity index is 1.77. The fourth-order valence-electron chi connectivity index (χ4n) is 4.08. The van der Waals surface area contributed by atoms with Gasteiger partial charge in [-0.05, 0) is 76.7 Å². The third-order valence-electron chi connectivity index (χ3n) is 6.31. The maximum absolute atomic E-state index is 15.0. The van der Waals surface area contributed by atoms with Crippen molar-refractivity contribution in [2.75, 3.05) is 13.7 Å². The van der Waals surface area contributed by atoms with E-state index in [1.165, 1.54) is 6.42 Å². The second-order valence-corrected chi connectivity index (χ2v) is 8.06. The monoisotopic (exact) mass is 310 g/mol. The normalized spacial score (nSPS) is 38.5. The van der Waals surface area contributed by atoms with E-state index >= 15 is 4.39 Å². The van der Waals surface area contributed by atoms with Crippen molar-refractivity contribution < 1.29 is 18.4 Å². The number of methoxy groups -OCH3 is 1. The lowest BCUT2D eigenvalue weighted by Gasteiger charge is -2.47. The number of hydrogen-bond donors (Lipinski definition) is 0. The van der Waals surface area contributed by atoms with Gasteiger partial charge in [-0.1, -0.05) is 0 Å². The molecule has 0 spiro atoms. The van der Waals surface area contributed by atoms with Crippen LogP contribution in [-0.2, 0) is 14.0 Å². The Morgan fingerprint density at radius 2 is 1.82 bits per heavy atom. The highest BCUT2D eigenvalue weighted by atomic mass is 19.1. The van der Waals surface area contributed by atoms with Crippen LogP contribution in [0.1, 0.15) is 53.4 Å². The molecule has 0 amide bonds. The largest absolute Gasteiger partial charge is 0.525 e. The number of rotatable bonds is 3. The van der Waals surface area contributed by atoms with Gasteiger partial charge in [0.05, 0.1) is 11.2 Å². The summed E-state index contributed by atoms with van der Waals surface area (Å²) in [5, 5.41) is 0. The molecule has 2 saturated carbocycles. The van der Waals surface area contributed by atoms with Crippen molar-refractivity contribution in [2.45, 2.75) is 64.6 Å². The quantitative estimate of drug-likeness (QED) is 0.739. The highest BCUT2D eigenvalue weighted by Crippen LogP contribution is 2.52. The molecular formula is C17H28BFO3. The van der Waals surface area contributed by atoms with Crippen LogP contribution in [-0.4, -0.2) is 32.0 Å². The lowest BCUT2D eigenvalue weighted by atomic mass is 9.57. The van der Waals surface area contributed by atoms with Crippen LogP contribution in [0.4, 0.5) is 4.39 Å². The van der Waals surface area contributed by atoms with Crippen LogP contribution in [0.5, 0.6) is 0 Å². The van der Waals surface area contributed by atoms with Gasteiger partial charge in [-0.2, -0.15) is 0 Å². The van der Waals surface area contributed by atoms with Gasteiger partial charge in [0.1, 0.15) is 5.73 Å². The minimum atomic E-state index is -0.833. The molecule has 3 unspecified atom stereocenters. The molecule has 0 aromatic rings. The van der Waals surface area contributed by atoms with Crippen LogP contribution in [0.2, 0.25) is 0 Å². The summed E-state index contributed by atoms with van der Waals surface area (Å²) >= 11 is 0. The third kappa shape index (κ3) is 2.55. The predicted octanol–water partition coefficient (Wildman–Crippen LogP) is 3.92. The van der Waals surface area contributed by atoms with Gasteiger partial charge in [-0.15, -0.1) is 0 Å². The summed E-state index contributed by atoms with van der Waals surface area (Å²) in [6.45, 7) is 8.66. The number of allylic oxidation sites excluding steroid dienone is 1. The van der Waals surface area contributed by atoms with E-state index in [1.807, 2.05) is 27.7 Å². The molecule has 124 valence electrons. The molecule has 0 aromatic carbocycles. The van der Waals surface area contributed by atoms with Gasteiger partial charge >= 0.3 is 7.12 Å². The average molecular weight is 310 g/mol. The molecule has 3 atom stereocenters. The fourth-order valence-corrected chi connectivity index (χ4v) is 4.08. The zero-order valence-corrected chi connectivity index (χ0v) is 14.4. The van der Waals surface area contributed by atoms with Crippen molar-refractivity contribution in [3.63, 3.8) is 0 Å². The Labute approximate surface area is 133 Å². The minimum absolute atomic E-state index is 0.163.